The number of aryl methyl sites for hydroxylation is 1. The van der Waals surface area contributed by atoms with Crippen LogP contribution in [0.1, 0.15) is 22.7 Å². The highest BCUT2D eigenvalue weighted by Crippen LogP contribution is 2.27. The number of methoxy groups -OCH3 is 1. The fourth-order valence-corrected chi connectivity index (χ4v) is 2.77. The highest BCUT2D eigenvalue weighted by atomic mass is 79.9. The van der Waals surface area contributed by atoms with Gasteiger partial charge in [0.05, 0.1) is 7.11 Å². The summed E-state index contributed by atoms with van der Waals surface area (Å²) < 4.78 is 6.57. The van der Waals surface area contributed by atoms with Crippen molar-refractivity contribution in [3.63, 3.8) is 0 Å². The summed E-state index contributed by atoms with van der Waals surface area (Å²) >= 11 is 3.61. The lowest BCUT2D eigenvalue weighted by Crippen LogP contribution is -2.19. The summed E-state index contributed by atoms with van der Waals surface area (Å²) in [5, 5.41) is 3.39. The van der Waals surface area contributed by atoms with Gasteiger partial charge in [0.1, 0.15) is 5.75 Å². The third kappa shape index (κ3) is 3.41. The summed E-state index contributed by atoms with van der Waals surface area (Å²) in [6.45, 7) is 2.06. The Morgan fingerprint density at radius 1 is 1.20 bits per heavy atom. The largest absolute Gasteiger partial charge is 0.496 e. The predicted molar refractivity (Wildman–Crippen MR) is 87.4 cm³/mol. The predicted octanol–water partition coefficient (Wildman–Crippen LogP) is 4.27. The summed E-state index contributed by atoms with van der Waals surface area (Å²) in [4.78, 5) is 0. The average molecular weight is 334 g/mol. The molecule has 0 saturated heterocycles. The molecule has 0 saturated carbocycles. The molecular formula is C17H20BrNO. The van der Waals surface area contributed by atoms with E-state index in [0.717, 1.165) is 22.2 Å². The summed E-state index contributed by atoms with van der Waals surface area (Å²) in [6.07, 6.45) is 0.935. The molecule has 106 valence electrons. The molecule has 2 aromatic carbocycles. The van der Waals surface area contributed by atoms with Crippen molar-refractivity contribution in [1.29, 1.82) is 0 Å². The highest BCUT2D eigenvalue weighted by molar-refractivity contribution is 9.10. The van der Waals surface area contributed by atoms with Crippen LogP contribution in [-0.4, -0.2) is 14.2 Å². The van der Waals surface area contributed by atoms with Gasteiger partial charge in [-0.1, -0.05) is 46.3 Å². The van der Waals surface area contributed by atoms with Crippen molar-refractivity contribution in [2.24, 2.45) is 0 Å². The van der Waals surface area contributed by atoms with Crippen molar-refractivity contribution < 1.29 is 4.74 Å². The zero-order chi connectivity index (χ0) is 14.5. The minimum absolute atomic E-state index is 0.267. The van der Waals surface area contributed by atoms with Crippen LogP contribution in [0, 0.1) is 6.92 Å². The molecule has 1 unspecified atom stereocenters. The van der Waals surface area contributed by atoms with Crippen LogP contribution in [0.4, 0.5) is 0 Å². The standard InChI is InChI=1S/C17H20BrNO/c1-12-8-9-14(11-17(12)20-3)16(19-2)10-13-6-4-5-7-15(13)18/h4-9,11,16,19H,10H2,1-3H3. The maximum Gasteiger partial charge on any atom is 0.122 e. The molecule has 0 fully saturated rings. The Labute approximate surface area is 129 Å². The second-order valence-corrected chi connectivity index (χ2v) is 5.72. The van der Waals surface area contributed by atoms with Gasteiger partial charge >= 0.3 is 0 Å². The van der Waals surface area contributed by atoms with Crippen LogP contribution in [0.2, 0.25) is 0 Å². The molecule has 0 radical (unpaired) electrons. The van der Waals surface area contributed by atoms with Gasteiger partial charge in [-0.3, -0.25) is 0 Å². The number of nitrogens with one attached hydrogen (secondary N) is 1. The van der Waals surface area contributed by atoms with Crippen LogP contribution >= 0.6 is 15.9 Å². The van der Waals surface area contributed by atoms with E-state index in [-0.39, 0.29) is 6.04 Å². The molecule has 0 bridgehead atoms. The van der Waals surface area contributed by atoms with Crippen molar-refractivity contribution >= 4 is 15.9 Å². The lowest BCUT2D eigenvalue weighted by molar-refractivity contribution is 0.410. The summed E-state index contributed by atoms with van der Waals surface area (Å²) in [6, 6.07) is 15.0. The van der Waals surface area contributed by atoms with E-state index < -0.39 is 0 Å². The number of hydrogen-bond acceptors (Lipinski definition) is 2. The molecule has 0 spiro atoms. The monoisotopic (exact) mass is 333 g/mol. The summed E-state index contributed by atoms with van der Waals surface area (Å²) in [5.74, 6) is 0.940. The summed E-state index contributed by atoms with van der Waals surface area (Å²) in [5.41, 5.74) is 3.70. The van der Waals surface area contributed by atoms with E-state index in [1.54, 1.807) is 7.11 Å². The van der Waals surface area contributed by atoms with Gasteiger partial charge in [0.25, 0.3) is 0 Å². The van der Waals surface area contributed by atoms with Crippen molar-refractivity contribution in [2.45, 2.75) is 19.4 Å². The van der Waals surface area contributed by atoms with E-state index >= 15 is 0 Å². The van der Waals surface area contributed by atoms with Crippen LogP contribution in [0.3, 0.4) is 0 Å². The van der Waals surface area contributed by atoms with Gasteiger partial charge in [-0.25, -0.2) is 0 Å². The second-order valence-electron chi connectivity index (χ2n) is 4.87. The highest BCUT2D eigenvalue weighted by Gasteiger charge is 2.13. The molecule has 0 aliphatic carbocycles. The van der Waals surface area contributed by atoms with Gasteiger partial charge in [-0.15, -0.1) is 0 Å². The van der Waals surface area contributed by atoms with Gasteiger partial charge in [0.15, 0.2) is 0 Å². The van der Waals surface area contributed by atoms with Crippen LogP contribution in [0.25, 0.3) is 0 Å². The van der Waals surface area contributed by atoms with Crippen LogP contribution in [-0.2, 0) is 6.42 Å². The SMILES string of the molecule is CNC(Cc1ccccc1Br)c1ccc(C)c(OC)c1. The molecule has 20 heavy (non-hydrogen) atoms. The molecule has 3 heteroatoms. The van der Waals surface area contributed by atoms with Crippen LogP contribution < -0.4 is 10.1 Å². The van der Waals surface area contributed by atoms with E-state index in [0.29, 0.717) is 0 Å². The molecule has 0 aliphatic rings. The van der Waals surface area contributed by atoms with Crippen molar-refractivity contribution in [1.82, 2.24) is 5.32 Å². The van der Waals surface area contributed by atoms with Crippen molar-refractivity contribution in [3.05, 3.63) is 63.6 Å². The number of likely N-dealkylation sites (N-methyl/N-ethyl adjacent to an activating group) is 1. The maximum absolute atomic E-state index is 5.42. The third-order valence-corrected chi connectivity index (χ3v) is 4.34. The van der Waals surface area contributed by atoms with Gasteiger partial charge in [0, 0.05) is 10.5 Å². The fraction of sp³-hybridized carbons (Fsp3) is 0.294. The van der Waals surface area contributed by atoms with E-state index in [1.807, 2.05) is 13.1 Å². The van der Waals surface area contributed by atoms with Crippen LogP contribution in [0.15, 0.2) is 46.9 Å². The zero-order valence-corrected chi connectivity index (χ0v) is 13.7. The number of ether oxygens (including phenoxy) is 1. The fourth-order valence-electron chi connectivity index (χ4n) is 2.32. The second kappa shape index (κ2) is 6.91. The van der Waals surface area contributed by atoms with E-state index in [1.165, 1.54) is 11.1 Å². The number of hydrogen-bond donors (Lipinski definition) is 1. The van der Waals surface area contributed by atoms with E-state index in [2.05, 4.69) is 64.6 Å². The third-order valence-electron chi connectivity index (χ3n) is 3.56. The first kappa shape index (κ1) is 15.1. The molecule has 2 aromatic rings. The first-order valence-corrected chi connectivity index (χ1v) is 7.50. The molecule has 2 rings (SSSR count). The van der Waals surface area contributed by atoms with Gasteiger partial charge in [0.2, 0.25) is 0 Å². The quantitative estimate of drug-likeness (QED) is 0.882. The smallest absolute Gasteiger partial charge is 0.122 e. The molecule has 0 aromatic heterocycles. The first-order chi connectivity index (χ1) is 9.65. The molecular weight excluding hydrogens is 314 g/mol. The zero-order valence-electron chi connectivity index (χ0n) is 12.1. The Hall–Kier alpha value is -1.32. The van der Waals surface area contributed by atoms with Gasteiger partial charge < -0.3 is 10.1 Å². The minimum Gasteiger partial charge on any atom is -0.496 e. The van der Waals surface area contributed by atoms with Crippen LogP contribution in [0.5, 0.6) is 5.75 Å². The lowest BCUT2D eigenvalue weighted by Gasteiger charge is -2.19. The normalized spacial score (nSPS) is 12.2. The molecule has 0 heterocycles. The molecule has 1 N–H and O–H groups in total. The Morgan fingerprint density at radius 3 is 2.60 bits per heavy atom. The Morgan fingerprint density at radius 2 is 1.95 bits per heavy atom. The van der Waals surface area contributed by atoms with Crippen molar-refractivity contribution in [2.75, 3.05) is 14.2 Å². The molecule has 1 atom stereocenters. The molecule has 0 aliphatic heterocycles. The Balaban J connectivity index is 2.26. The lowest BCUT2D eigenvalue weighted by atomic mass is 9.98. The minimum atomic E-state index is 0.267. The van der Waals surface area contributed by atoms with Gasteiger partial charge in [-0.2, -0.15) is 0 Å². The van der Waals surface area contributed by atoms with Gasteiger partial charge in [-0.05, 0) is 49.2 Å². The van der Waals surface area contributed by atoms with Crippen molar-refractivity contribution in [3.8, 4) is 5.75 Å². The Bertz CT molecular complexity index is 583. The molecule has 2 nitrogen and oxygen atoms in total. The number of halogens is 1. The van der Waals surface area contributed by atoms with E-state index in [9.17, 15) is 0 Å². The Kier molecular flexibility index (Phi) is 5.21. The van der Waals surface area contributed by atoms with E-state index in [4.69, 9.17) is 4.74 Å². The molecule has 0 amide bonds. The maximum atomic E-state index is 5.42. The topological polar surface area (TPSA) is 21.3 Å². The summed E-state index contributed by atoms with van der Waals surface area (Å²) in [7, 11) is 3.71. The number of rotatable bonds is 5. The average Bonchev–Trinajstić information content (AvgIpc) is 2.47. The first-order valence-electron chi connectivity index (χ1n) is 6.71. The number of benzene rings is 2.